The third-order valence-electron chi connectivity index (χ3n) is 1.84. The highest BCUT2D eigenvalue weighted by molar-refractivity contribution is 5.26. The summed E-state index contributed by atoms with van der Waals surface area (Å²) in [5, 5.41) is 8.69. The molecule has 1 nitrogen and oxygen atoms in total. The lowest BCUT2D eigenvalue weighted by atomic mass is 9.98. The molecule has 0 aliphatic rings. The molecule has 0 amide bonds. The monoisotopic (exact) mass is 163 g/mol. The van der Waals surface area contributed by atoms with E-state index in [1.165, 1.54) is 6.07 Å². The lowest BCUT2D eigenvalue weighted by Gasteiger charge is -2.06. The second-order valence-electron chi connectivity index (χ2n) is 2.61. The zero-order valence-electron chi connectivity index (χ0n) is 6.92. The Balaban J connectivity index is 3.02. The van der Waals surface area contributed by atoms with Crippen LogP contribution in [0.25, 0.3) is 0 Å². The Hall–Kier alpha value is -1.36. The van der Waals surface area contributed by atoms with Crippen molar-refractivity contribution in [3.63, 3.8) is 0 Å². The van der Waals surface area contributed by atoms with Crippen molar-refractivity contribution >= 4 is 0 Å². The summed E-state index contributed by atoms with van der Waals surface area (Å²) in [5.74, 6) is -0.600. The fraction of sp³-hybridized carbons (Fsp3) is 0.300. The molecule has 0 bridgehead atoms. The van der Waals surface area contributed by atoms with E-state index in [-0.39, 0.29) is 11.7 Å². The second-order valence-corrected chi connectivity index (χ2v) is 2.61. The topological polar surface area (TPSA) is 23.8 Å². The maximum Gasteiger partial charge on any atom is 0.127 e. The van der Waals surface area contributed by atoms with Crippen LogP contribution in [-0.4, -0.2) is 0 Å². The smallest absolute Gasteiger partial charge is 0.127 e. The fourth-order valence-corrected chi connectivity index (χ4v) is 1.14. The van der Waals surface area contributed by atoms with Crippen molar-refractivity contribution in [1.29, 1.82) is 5.26 Å². The summed E-state index contributed by atoms with van der Waals surface area (Å²) in [7, 11) is 0. The fourth-order valence-electron chi connectivity index (χ4n) is 1.14. The highest BCUT2D eigenvalue weighted by atomic mass is 19.1. The van der Waals surface area contributed by atoms with Gasteiger partial charge in [0.05, 0.1) is 12.0 Å². The van der Waals surface area contributed by atoms with Crippen molar-refractivity contribution in [3.8, 4) is 6.07 Å². The minimum atomic E-state index is -0.314. The quantitative estimate of drug-likeness (QED) is 0.657. The highest BCUT2D eigenvalue weighted by Gasteiger charge is 2.11. The summed E-state index contributed by atoms with van der Waals surface area (Å²) in [4.78, 5) is 0. The summed E-state index contributed by atoms with van der Waals surface area (Å²) < 4.78 is 13.1. The van der Waals surface area contributed by atoms with E-state index >= 15 is 0 Å². The molecule has 0 saturated carbocycles. The molecule has 12 heavy (non-hydrogen) atoms. The molecule has 62 valence electrons. The van der Waals surface area contributed by atoms with E-state index in [1.807, 2.05) is 6.92 Å². The molecule has 1 atom stereocenters. The third-order valence-corrected chi connectivity index (χ3v) is 1.84. The Morgan fingerprint density at radius 3 is 2.67 bits per heavy atom. The summed E-state index contributed by atoms with van der Waals surface area (Å²) in [6.07, 6.45) is 0.650. The Kier molecular flexibility index (Phi) is 2.82. The molecular weight excluding hydrogens is 153 g/mol. The average Bonchev–Trinajstić information content (AvgIpc) is 2.10. The van der Waals surface area contributed by atoms with Crippen LogP contribution in [0.5, 0.6) is 0 Å². The standard InChI is InChI=1S/C10H10FN/c1-2-8(7-12)9-5-3-4-6-10(9)11/h3-6,8H,2H2,1H3. The van der Waals surface area contributed by atoms with Gasteiger partial charge >= 0.3 is 0 Å². The molecule has 0 aliphatic carbocycles. The molecule has 0 aliphatic heterocycles. The first kappa shape index (κ1) is 8.73. The van der Waals surface area contributed by atoms with Crippen LogP contribution in [0.3, 0.4) is 0 Å². The molecule has 2 heteroatoms. The SMILES string of the molecule is CCC(C#N)c1ccccc1F. The third kappa shape index (κ3) is 1.62. The largest absolute Gasteiger partial charge is 0.207 e. The predicted molar refractivity (Wildman–Crippen MR) is 45.0 cm³/mol. The van der Waals surface area contributed by atoms with Crippen LogP contribution in [0.4, 0.5) is 4.39 Å². The van der Waals surface area contributed by atoms with Gasteiger partial charge in [0.2, 0.25) is 0 Å². The molecule has 1 rings (SSSR count). The Morgan fingerprint density at radius 1 is 1.50 bits per heavy atom. The lowest BCUT2D eigenvalue weighted by molar-refractivity contribution is 0.598. The number of hydrogen-bond donors (Lipinski definition) is 0. The first-order valence-electron chi connectivity index (χ1n) is 3.93. The summed E-state index contributed by atoms with van der Waals surface area (Å²) in [6.45, 7) is 1.88. The van der Waals surface area contributed by atoms with E-state index in [0.717, 1.165) is 0 Å². The van der Waals surface area contributed by atoms with Gasteiger partial charge in [-0.1, -0.05) is 25.1 Å². The molecule has 0 spiro atoms. The van der Waals surface area contributed by atoms with Crippen molar-refractivity contribution in [2.45, 2.75) is 19.3 Å². The van der Waals surface area contributed by atoms with Crippen LogP contribution in [0, 0.1) is 17.1 Å². The van der Waals surface area contributed by atoms with Crippen molar-refractivity contribution < 1.29 is 4.39 Å². The van der Waals surface area contributed by atoms with Gasteiger partial charge in [0, 0.05) is 5.56 Å². The van der Waals surface area contributed by atoms with Gasteiger partial charge in [-0.3, -0.25) is 0 Å². The molecule has 0 saturated heterocycles. The molecule has 1 unspecified atom stereocenters. The van der Waals surface area contributed by atoms with Crippen LogP contribution in [0.1, 0.15) is 24.8 Å². The van der Waals surface area contributed by atoms with Crippen LogP contribution in [-0.2, 0) is 0 Å². The van der Waals surface area contributed by atoms with E-state index in [9.17, 15) is 4.39 Å². The van der Waals surface area contributed by atoms with Gasteiger partial charge in [0.25, 0.3) is 0 Å². The minimum Gasteiger partial charge on any atom is -0.207 e. The molecule has 0 heterocycles. The molecular formula is C10H10FN. The van der Waals surface area contributed by atoms with Gasteiger partial charge in [-0.2, -0.15) is 5.26 Å². The van der Waals surface area contributed by atoms with Crippen molar-refractivity contribution in [3.05, 3.63) is 35.6 Å². The van der Waals surface area contributed by atoms with Gasteiger partial charge in [-0.15, -0.1) is 0 Å². The van der Waals surface area contributed by atoms with Crippen LogP contribution in [0.15, 0.2) is 24.3 Å². The summed E-state index contributed by atoms with van der Waals surface area (Å²) >= 11 is 0. The zero-order chi connectivity index (χ0) is 8.97. The number of hydrogen-bond acceptors (Lipinski definition) is 1. The van der Waals surface area contributed by atoms with E-state index < -0.39 is 0 Å². The van der Waals surface area contributed by atoms with E-state index in [0.29, 0.717) is 12.0 Å². The van der Waals surface area contributed by atoms with E-state index in [2.05, 4.69) is 6.07 Å². The molecule has 1 aromatic carbocycles. The van der Waals surface area contributed by atoms with Crippen LogP contribution < -0.4 is 0 Å². The molecule has 0 radical (unpaired) electrons. The van der Waals surface area contributed by atoms with Crippen LogP contribution >= 0.6 is 0 Å². The first-order valence-corrected chi connectivity index (χ1v) is 3.93. The lowest BCUT2D eigenvalue weighted by Crippen LogP contribution is -1.96. The number of nitrogens with zero attached hydrogens (tertiary/aromatic N) is 1. The number of nitriles is 1. The Morgan fingerprint density at radius 2 is 2.17 bits per heavy atom. The molecule has 0 N–H and O–H groups in total. The van der Waals surface area contributed by atoms with Crippen molar-refractivity contribution in [2.24, 2.45) is 0 Å². The van der Waals surface area contributed by atoms with Crippen molar-refractivity contribution in [1.82, 2.24) is 0 Å². The summed E-state index contributed by atoms with van der Waals surface area (Å²) in [6, 6.07) is 8.49. The number of halogens is 1. The molecule has 0 fully saturated rings. The van der Waals surface area contributed by atoms with Crippen molar-refractivity contribution in [2.75, 3.05) is 0 Å². The maximum absolute atomic E-state index is 13.1. The maximum atomic E-state index is 13.1. The average molecular weight is 163 g/mol. The van der Waals surface area contributed by atoms with Gasteiger partial charge in [-0.05, 0) is 12.5 Å². The summed E-state index contributed by atoms with van der Waals surface area (Å²) in [5.41, 5.74) is 0.502. The van der Waals surface area contributed by atoms with Gasteiger partial charge in [0.15, 0.2) is 0 Å². The number of benzene rings is 1. The first-order chi connectivity index (χ1) is 5.79. The minimum absolute atomic E-state index is 0.286. The Labute approximate surface area is 71.4 Å². The normalized spacial score (nSPS) is 12.1. The Bertz CT molecular complexity index is 301. The second kappa shape index (κ2) is 3.87. The van der Waals surface area contributed by atoms with Gasteiger partial charge < -0.3 is 0 Å². The molecule has 1 aromatic rings. The number of rotatable bonds is 2. The zero-order valence-corrected chi connectivity index (χ0v) is 6.92. The van der Waals surface area contributed by atoms with E-state index in [4.69, 9.17) is 5.26 Å². The van der Waals surface area contributed by atoms with Gasteiger partial charge in [-0.25, -0.2) is 4.39 Å². The van der Waals surface area contributed by atoms with E-state index in [1.54, 1.807) is 18.2 Å². The predicted octanol–water partition coefficient (Wildman–Crippen LogP) is 2.84. The van der Waals surface area contributed by atoms with Crippen LogP contribution in [0.2, 0.25) is 0 Å². The molecule has 0 aromatic heterocycles. The van der Waals surface area contributed by atoms with Gasteiger partial charge in [0.1, 0.15) is 5.82 Å². The highest BCUT2D eigenvalue weighted by Crippen LogP contribution is 2.20.